The first-order chi connectivity index (χ1) is 21.6. The zero-order chi connectivity index (χ0) is 34.9. The van der Waals surface area contributed by atoms with Gasteiger partial charge >= 0.3 is 0 Å². The summed E-state index contributed by atoms with van der Waals surface area (Å²) in [6.45, 7) is 26.3. The standard InChI is InChI=1S/C43H56N2O2/c1-40(2,3)33-21-31(38(46)36(23-33)42(7,8)9)25-44-27-35(20-28-17-18-29-15-13-14-16-30(29)19-28)45-26-32-22-34(41(4,5)6)24-37(39(32)47)43(10,11)12/h13-19,21-26,35,46-47H,20,27H2,1-12H3. The monoisotopic (exact) mass is 632 g/mol. The van der Waals surface area contributed by atoms with Gasteiger partial charge in [-0.1, -0.05) is 138 Å². The van der Waals surface area contributed by atoms with Crippen LogP contribution in [0.15, 0.2) is 76.7 Å². The molecule has 4 nitrogen and oxygen atoms in total. The summed E-state index contributed by atoms with van der Waals surface area (Å²) >= 11 is 0. The molecule has 0 spiro atoms. The Morgan fingerprint density at radius 3 is 1.55 bits per heavy atom. The van der Waals surface area contributed by atoms with Crippen LogP contribution in [0.1, 0.15) is 122 Å². The number of rotatable bonds is 7. The SMILES string of the molecule is CC(C)(C)c1cc(C=NCC(Cc2ccc3ccccc3c2)N=Cc2cc(C(C)(C)C)cc(C(C)(C)C)c2O)c(O)c(C(C)(C)C)c1. The molecule has 0 aliphatic rings. The van der Waals surface area contributed by atoms with Crippen molar-refractivity contribution in [2.24, 2.45) is 9.98 Å². The van der Waals surface area contributed by atoms with Gasteiger partial charge in [-0.3, -0.25) is 9.98 Å². The first-order valence-corrected chi connectivity index (χ1v) is 16.9. The molecule has 250 valence electrons. The van der Waals surface area contributed by atoms with E-state index in [4.69, 9.17) is 9.98 Å². The van der Waals surface area contributed by atoms with Crippen LogP contribution >= 0.6 is 0 Å². The number of phenolic OH excluding ortho intramolecular Hbond substituents is 2. The second kappa shape index (κ2) is 13.3. The zero-order valence-corrected chi connectivity index (χ0v) is 30.8. The number of aliphatic imine (C=N–C) groups is 2. The van der Waals surface area contributed by atoms with Crippen LogP contribution in [0.25, 0.3) is 10.8 Å². The number of benzene rings is 4. The van der Waals surface area contributed by atoms with E-state index in [9.17, 15) is 10.2 Å². The fraction of sp³-hybridized carbons (Fsp3) is 0.442. The van der Waals surface area contributed by atoms with Crippen LogP contribution in [0, 0.1) is 0 Å². The highest BCUT2D eigenvalue weighted by Gasteiger charge is 2.26. The minimum atomic E-state index is -0.224. The van der Waals surface area contributed by atoms with Crippen molar-refractivity contribution >= 4 is 23.2 Å². The van der Waals surface area contributed by atoms with E-state index in [-0.39, 0.29) is 39.2 Å². The van der Waals surface area contributed by atoms with Gasteiger partial charge in [0.1, 0.15) is 11.5 Å². The summed E-state index contributed by atoms with van der Waals surface area (Å²) < 4.78 is 0. The molecule has 4 aromatic rings. The van der Waals surface area contributed by atoms with E-state index in [1.165, 1.54) is 16.3 Å². The summed E-state index contributed by atoms with van der Waals surface area (Å²) in [5.41, 5.74) is 6.18. The fourth-order valence-corrected chi connectivity index (χ4v) is 5.78. The molecule has 0 saturated carbocycles. The van der Waals surface area contributed by atoms with Crippen molar-refractivity contribution < 1.29 is 10.2 Å². The van der Waals surface area contributed by atoms with Crippen molar-refractivity contribution in [2.75, 3.05) is 6.54 Å². The van der Waals surface area contributed by atoms with E-state index >= 15 is 0 Å². The lowest BCUT2D eigenvalue weighted by Crippen LogP contribution is -2.18. The van der Waals surface area contributed by atoms with E-state index in [2.05, 4.69) is 150 Å². The summed E-state index contributed by atoms with van der Waals surface area (Å²) in [5, 5.41) is 25.2. The smallest absolute Gasteiger partial charge is 0.128 e. The number of nitrogens with zero attached hydrogens (tertiary/aromatic N) is 2. The third-order valence-corrected chi connectivity index (χ3v) is 8.88. The van der Waals surface area contributed by atoms with Gasteiger partial charge in [0.05, 0.1) is 12.6 Å². The van der Waals surface area contributed by atoms with Gasteiger partial charge in [0.15, 0.2) is 0 Å². The average molecular weight is 633 g/mol. The number of aromatic hydroxyl groups is 2. The predicted octanol–water partition coefficient (Wildman–Crippen LogP) is 10.6. The lowest BCUT2D eigenvalue weighted by Gasteiger charge is -2.27. The molecule has 0 aliphatic carbocycles. The predicted molar refractivity (Wildman–Crippen MR) is 203 cm³/mol. The van der Waals surface area contributed by atoms with Crippen LogP contribution in [-0.4, -0.2) is 35.2 Å². The molecule has 0 saturated heterocycles. The third kappa shape index (κ3) is 8.91. The maximum absolute atomic E-state index is 11.4. The molecule has 0 heterocycles. The minimum Gasteiger partial charge on any atom is -0.507 e. The van der Waals surface area contributed by atoms with Crippen molar-refractivity contribution in [1.82, 2.24) is 0 Å². The average Bonchev–Trinajstić information content (AvgIpc) is 2.94. The topological polar surface area (TPSA) is 65.2 Å². The number of phenols is 2. The van der Waals surface area contributed by atoms with Crippen LogP contribution in [0.5, 0.6) is 11.5 Å². The molecule has 0 radical (unpaired) electrons. The lowest BCUT2D eigenvalue weighted by atomic mass is 9.79. The Hall–Kier alpha value is -3.92. The maximum Gasteiger partial charge on any atom is 0.128 e. The molecule has 0 bridgehead atoms. The Kier molecular flexibility index (Phi) is 10.2. The molecule has 0 amide bonds. The van der Waals surface area contributed by atoms with E-state index < -0.39 is 0 Å². The van der Waals surface area contributed by atoms with E-state index in [0.29, 0.717) is 13.0 Å². The molecule has 2 N–H and O–H groups in total. The van der Waals surface area contributed by atoms with Gasteiger partial charge in [0, 0.05) is 34.7 Å². The zero-order valence-electron chi connectivity index (χ0n) is 30.8. The molecule has 0 aromatic heterocycles. The molecule has 1 unspecified atom stereocenters. The number of fused-ring (bicyclic) bond motifs is 1. The molecule has 0 aliphatic heterocycles. The molecular formula is C43H56N2O2. The number of hydrogen-bond donors (Lipinski definition) is 2. The molecule has 1 atom stereocenters. The second-order valence-corrected chi connectivity index (χ2v) is 17.2. The third-order valence-electron chi connectivity index (χ3n) is 8.88. The van der Waals surface area contributed by atoms with Crippen LogP contribution in [-0.2, 0) is 28.1 Å². The highest BCUT2D eigenvalue weighted by atomic mass is 16.3. The molecular weight excluding hydrogens is 576 g/mol. The van der Waals surface area contributed by atoms with E-state index in [1.54, 1.807) is 6.21 Å². The first-order valence-electron chi connectivity index (χ1n) is 16.9. The summed E-state index contributed by atoms with van der Waals surface area (Å²) in [4.78, 5) is 9.98. The summed E-state index contributed by atoms with van der Waals surface area (Å²) in [7, 11) is 0. The molecule has 47 heavy (non-hydrogen) atoms. The van der Waals surface area contributed by atoms with Crippen molar-refractivity contribution in [3.8, 4) is 11.5 Å². The lowest BCUT2D eigenvalue weighted by molar-refractivity contribution is 0.443. The Balaban J connectivity index is 1.76. The fourth-order valence-electron chi connectivity index (χ4n) is 5.78. The Morgan fingerprint density at radius 1 is 0.574 bits per heavy atom. The Bertz CT molecular complexity index is 1780. The molecule has 4 heteroatoms. The van der Waals surface area contributed by atoms with Crippen LogP contribution < -0.4 is 0 Å². The van der Waals surface area contributed by atoms with Crippen LogP contribution in [0.3, 0.4) is 0 Å². The highest BCUT2D eigenvalue weighted by molar-refractivity contribution is 5.86. The van der Waals surface area contributed by atoms with Gasteiger partial charge in [0.2, 0.25) is 0 Å². The summed E-state index contributed by atoms with van der Waals surface area (Å²) in [5.74, 6) is 0.559. The van der Waals surface area contributed by atoms with Crippen LogP contribution in [0.4, 0.5) is 0 Å². The maximum atomic E-state index is 11.4. The molecule has 4 rings (SSSR count). The van der Waals surface area contributed by atoms with Crippen molar-refractivity contribution in [1.29, 1.82) is 0 Å². The highest BCUT2D eigenvalue weighted by Crippen LogP contribution is 2.38. The number of hydrogen-bond acceptors (Lipinski definition) is 4. The van der Waals surface area contributed by atoms with Gasteiger partial charge in [-0.25, -0.2) is 0 Å². The van der Waals surface area contributed by atoms with Crippen molar-refractivity contribution in [3.63, 3.8) is 0 Å². The van der Waals surface area contributed by atoms with E-state index in [1.807, 2.05) is 6.21 Å². The second-order valence-electron chi connectivity index (χ2n) is 17.2. The molecule has 4 aromatic carbocycles. The normalized spacial score (nSPS) is 14.0. The summed E-state index contributed by atoms with van der Waals surface area (Å²) in [6, 6.07) is 23.1. The van der Waals surface area contributed by atoms with Gasteiger partial charge in [-0.05, 0) is 67.7 Å². The van der Waals surface area contributed by atoms with E-state index in [0.717, 1.165) is 33.4 Å². The minimum absolute atomic E-state index is 0.0747. The van der Waals surface area contributed by atoms with Crippen molar-refractivity contribution in [2.45, 2.75) is 117 Å². The first kappa shape index (κ1) is 35.9. The summed E-state index contributed by atoms with van der Waals surface area (Å²) in [6.07, 6.45) is 4.32. The van der Waals surface area contributed by atoms with Gasteiger partial charge in [0.25, 0.3) is 0 Å². The van der Waals surface area contributed by atoms with Crippen molar-refractivity contribution in [3.05, 3.63) is 106 Å². The largest absolute Gasteiger partial charge is 0.507 e. The Labute approximate surface area is 283 Å². The van der Waals surface area contributed by atoms with Gasteiger partial charge < -0.3 is 10.2 Å². The van der Waals surface area contributed by atoms with Gasteiger partial charge in [-0.2, -0.15) is 0 Å². The molecule has 0 fully saturated rings. The van der Waals surface area contributed by atoms with Crippen LogP contribution in [0.2, 0.25) is 0 Å². The Morgan fingerprint density at radius 2 is 1.06 bits per heavy atom. The quantitative estimate of drug-likeness (QED) is 0.199. The van der Waals surface area contributed by atoms with Gasteiger partial charge in [-0.15, -0.1) is 0 Å².